The van der Waals surface area contributed by atoms with Crippen molar-refractivity contribution < 1.29 is 18.0 Å². The Morgan fingerprint density at radius 2 is 1.85 bits per heavy atom. The zero-order chi connectivity index (χ0) is 24.3. The van der Waals surface area contributed by atoms with Gasteiger partial charge in [-0.1, -0.05) is 57.0 Å². The number of nitrogens with one attached hydrogen (secondary N) is 3. The highest BCUT2D eigenvalue weighted by atomic mass is 32.2. The topological polar surface area (TPSA) is 104 Å². The molecule has 0 aromatic heterocycles. The molecule has 0 radical (unpaired) electrons. The number of benzene rings is 2. The number of amides is 2. The van der Waals surface area contributed by atoms with E-state index in [0.717, 1.165) is 30.4 Å². The molecule has 1 aliphatic heterocycles. The Bertz CT molecular complexity index is 1150. The van der Waals surface area contributed by atoms with Crippen LogP contribution in [0.4, 0.5) is 5.69 Å². The number of aryl methyl sites for hydroxylation is 1. The maximum atomic E-state index is 13.4. The van der Waals surface area contributed by atoms with Gasteiger partial charge in [0.1, 0.15) is 6.04 Å². The van der Waals surface area contributed by atoms with Crippen LogP contribution in [0, 0.1) is 11.8 Å². The van der Waals surface area contributed by atoms with Crippen LogP contribution in [-0.4, -0.2) is 32.3 Å². The van der Waals surface area contributed by atoms with Gasteiger partial charge in [-0.3, -0.25) is 9.59 Å². The average Bonchev–Trinajstić information content (AvgIpc) is 2.81. The predicted octanol–water partition coefficient (Wildman–Crippen LogP) is 3.40. The zero-order valence-electron chi connectivity index (χ0n) is 19.7. The molecule has 34 heavy (non-hydrogen) atoms. The smallest absolute Gasteiger partial charge is 0.241 e. The second-order valence-corrected chi connectivity index (χ2v) is 11.3. The molecule has 182 valence electrons. The maximum absolute atomic E-state index is 13.4. The molecule has 2 aromatic carbocycles. The first-order valence-electron chi connectivity index (χ1n) is 12.0. The SMILES string of the molecule is C[C@H]1[C@H](C)CCC[C@@H]1NC(=O)[C@H](Cc1ccccc1)NS(=O)(=O)c1ccc2c(c1)CCC(=O)N2. The van der Waals surface area contributed by atoms with Crippen molar-refractivity contribution >= 4 is 27.5 Å². The summed E-state index contributed by atoms with van der Waals surface area (Å²) in [6, 6.07) is 13.2. The van der Waals surface area contributed by atoms with Crippen LogP contribution in [0.3, 0.4) is 0 Å². The normalized spacial score (nSPS) is 23.5. The van der Waals surface area contributed by atoms with Crippen LogP contribution in [-0.2, 0) is 32.5 Å². The highest BCUT2D eigenvalue weighted by Crippen LogP contribution is 2.30. The molecule has 2 aliphatic rings. The van der Waals surface area contributed by atoms with E-state index >= 15 is 0 Å². The summed E-state index contributed by atoms with van der Waals surface area (Å²) in [5.74, 6) is 0.470. The minimum atomic E-state index is -3.96. The largest absolute Gasteiger partial charge is 0.352 e. The number of hydrogen-bond donors (Lipinski definition) is 3. The predicted molar refractivity (Wildman–Crippen MR) is 132 cm³/mol. The monoisotopic (exact) mass is 483 g/mol. The van der Waals surface area contributed by atoms with Crippen LogP contribution in [0.5, 0.6) is 0 Å². The second kappa shape index (κ2) is 10.3. The van der Waals surface area contributed by atoms with E-state index in [1.165, 1.54) is 6.07 Å². The van der Waals surface area contributed by atoms with Crippen LogP contribution in [0.2, 0.25) is 0 Å². The van der Waals surface area contributed by atoms with E-state index in [1.807, 2.05) is 30.3 Å². The Balaban J connectivity index is 1.56. The van der Waals surface area contributed by atoms with Crippen molar-refractivity contribution in [2.24, 2.45) is 11.8 Å². The summed E-state index contributed by atoms with van der Waals surface area (Å²) in [5.41, 5.74) is 2.29. The van der Waals surface area contributed by atoms with Crippen LogP contribution in [0.15, 0.2) is 53.4 Å². The first-order valence-corrected chi connectivity index (χ1v) is 13.5. The lowest BCUT2D eigenvalue weighted by Crippen LogP contribution is -2.53. The molecule has 8 heteroatoms. The van der Waals surface area contributed by atoms with Crippen molar-refractivity contribution in [3.05, 3.63) is 59.7 Å². The third kappa shape index (κ3) is 5.67. The molecule has 2 amide bonds. The van der Waals surface area contributed by atoms with Crippen molar-refractivity contribution in [3.8, 4) is 0 Å². The Kier molecular flexibility index (Phi) is 7.38. The van der Waals surface area contributed by atoms with Gasteiger partial charge in [0.15, 0.2) is 0 Å². The fourth-order valence-electron chi connectivity index (χ4n) is 4.89. The van der Waals surface area contributed by atoms with Crippen LogP contribution in [0.25, 0.3) is 0 Å². The summed E-state index contributed by atoms with van der Waals surface area (Å²) in [6.45, 7) is 4.35. The molecule has 4 rings (SSSR count). The van der Waals surface area contributed by atoms with Crippen molar-refractivity contribution in [2.75, 3.05) is 5.32 Å². The average molecular weight is 484 g/mol. The summed E-state index contributed by atoms with van der Waals surface area (Å²) in [6.07, 6.45) is 4.16. The van der Waals surface area contributed by atoms with Crippen LogP contribution in [0.1, 0.15) is 50.7 Å². The maximum Gasteiger partial charge on any atom is 0.241 e. The number of sulfonamides is 1. The second-order valence-electron chi connectivity index (χ2n) is 9.61. The lowest BCUT2D eigenvalue weighted by atomic mass is 9.78. The van der Waals surface area contributed by atoms with E-state index in [9.17, 15) is 18.0 Å². The van der Waals surface area contributed by atoms with Gasteiger partial charge in [0.25, 0.3) is 0 Å². The van der Waals surface area contributed by atoms with Gasteiger partial charge in [-0.05, 0) is 60.4 Å². The molecular weight excluding hydrogens is 450 g/mol. The highest BCUT2D eigenvalue weighted by molar-refractivity contribution is 7.89. The molecule has 3 N–H and O–H groups in total. The summed E-state index contributed by atoms with van der Waals surface area (Å²) < 4.78 is 29.3. The summed E-state index contributed by atoms with van der Waals surface area (Å²) in [5, 5.41) is 5.90. The van der Waals surface area contributed by atoms with Gasteiger partial charge in [0, 0.05) is 18.2 Å². The fraction of sp³-hybridized carbons (Fsp3) is 0.462. The van der Waals surface area contributed by atoms with Crippen LogP contribution >= 0.6 is 0 Å². The quantitative estimate of drug-likeness (QED) is 0.561. The molecule has 0 bridgehead atoms. The molecule has 1 saturated carbocycles. The Hall–Kier alpha value is -2.71. The lowest BCUT2D eigenvalue weighted by Gasteiger charge is -2.35. The summed E-state index contributed by atoms with van der Waals surface area (Å²) in [7, 11) is -3.96. The molecule has 0 unspecified atom stereocenters. The molecule has 7 nitrogen and oxygen atoms in total. The number of rotatable bonds is 7. The van der Waals surface area contributed by atoms with E-state index in [-0.39, 0.29) is 29.2 Å². The molecule has 1 aliphatic carbocycles. The number of carbonyl (C=O) groups excluding carboxylic acids is 2. The minimum absolute atomic E-state index is 0.0337. The molecule has 1 heterocycles. The molecule has 0 saturated heterocycles. The third-order valence-corrected chi connectivity index (χ3v) is 8.68. The van der Waals surface area contributed by atoms with Gasteiger partial charge in [-0.15, -0.1) is 0 Å². The highest BCUT2D eigenvalue weighted by Gasteiger charge is 2.32. The van der Waals surface area contributed by atoms with E-state index in [2.05, 4.69) is 29.2 Å². The van der Waals surface area contributed by atoms with Crippen molar-refractivity contribution in [1.29, 1.82) is 0 Å². The van der Waals surface area contributed by atoms with Crippen LogP contribution < -0.4 is 15.4 Å². The minimum Gasteiger partial charge on any atom is -0.352 e. The Labute approximate surface area is 201 Å². The van der Waals surface area contributed by atoms with Gasteiger partial charge in [0.05, 0.1) is 4.90 Å². The molecule has 0 spiro atoms. The van der Waals surface area contributed by atoms with E-state index in [0.29, 0.717) is 30.4 Å². The summed E-state index contributed by atoms with van der Waals surface area (Å²) in [4.78, 5) is 25.1. The standard InChI is InChI=1S/C26H33N3O4S/c1-17-7-6-10-22(18(17)2)28-26(31)24(15-19-8-4-3-5-9-19)29-34(32,33)21-12-13-23-20(16-21)11-14-25(30)27-23/h3-5,8-9,12-13,16-18,22,24,29H,6-7,10-11,14-15H2,1-2H3,(H,27,30)(H,28,31)/t17-,18+,22+,24+/m1/s1. The Morgan fingerprint density at radius 3 is 2.62 bits per heavy atom. The molecule has 1 fully saturated rings. The first kappa shape index (κ1) is 24.4. The Morgan fingerprint density at radius 1 is 1.09 bits per heavy atom. The van der Waals surface area contributed by atoms with Crippen molar-refractivity contribution in [1.82, 2.24) is 10.0 Å². The van der Waals surface area contributed by atoms with Gasteiger partial charge < -0.3 is 10.6 Å². The van der Waals surface area contributed by atoms with Crippen molar-refractivity contribution in [2.45, 2.75) is 69.4 Å². The zero-order valence-corrected chi connectivity index (χ0v) is 20.5. The number of anilines is 1. The van der Waals surface area contributed by atoms with E-state index < -0.39 is 16.1 Å². The van der Waals surface area contributed by atoms with E-state index in [4.69, 9.17) is 0 Å². The molecule has 4 atom stereocenters. The van der Waals surface area contributed by atoms with Gasteiger partial charge >= 0.3 is 0 Å². The number of hydrogen-bond acceptors (Lipinski definition) is 4. The number of fused-ring (bicyclic) bond motifs is 1. The van der Waals surface area contributed by atoms with Crippen molar-refractivity contribution in [3.63, 3.8) is 0 Å². The molecular formula is C26H33N3O4S. The van der Waals surface area contributed by atoms with Gasteiger partial charge in [0.2, 0.25) is 21.8 Å². The fourth-order valence-corrected chi connectivity index (χ4v) is 6.13. The first-order chi connectivity index (χ1) is 16.2. The van der Waals surface area contributed by atoms with Gasteiger partial charge in [-0.2, -0.15) is 4.72 Å². The third-order valence-electron chi connectivity index (χ3n) is 7.21. The summed E-state index contributed by atoms with van der Waals surface area (Å²) >= 11 is 0. The number of carbonyl (C=O) groups is 2. The molecule has 2 aromatic rings. The van der Waals surface area contributed by atoms with E-state index in [1.54, 1.807) is 12.1 Å². The lowest BCUT2D eigenvalue weighted by molar-refractivity contribution is -0.124. The van der Waals surface area contributed by atoms with Gasteiger partial charge in [-0.25, -0.2) is 8.42 Å².